The molecule has 0 radical (unpaired) electrons. The lowest BCUT2D eigenvalue weighted by Crippen LogP contribution is -2.45. The lowest BCUT2D eigenvalue weighted by Gasteiger charge is -2.41. The summed E-state index contributed by atoms with van der Waals surface area (Å²) in [6, 6.07) is 0.583. The van der Waals surface area contributed by atoms with E-state index in [1.807, 2.05) is 0 Å². The van der Waals surface area contributed by atoms with Crippen molar-refractivity contribution >= 4 is 5.84 Å². The Balaban J connectivity index is 2.57. The van der Waals surface area contributed by atoms with E-state index in [0.29, 0.717) is 11.5 Å². The topological polar surface area (TPSA) is 27.1 Å². The first kappa shape index (κ1) is 13.5. The third kappa shape index (κ3) is 3.23. The van der Waals surface area contributed by atoms with E-state index < -0.39 is 0 Å². The summed E-state index contributed by atoms with van der Waals surface area (Å²) in [5.74, 6) is 0.775. The van der Waals surface area contributed by atoms with Gasteiger partial charge in [0.2, 0.25) is 0 Å². The Morgan fingerprint density at radius 1 is 1.19 bits per heavy atom. The molecule has 0 aliphatic heterocycles. The van der Waals surface area contributed by atoms with Crippen LogP contribution in [0.3, 0.4) is 0 Å². The lowest BCUT2D eigenvalue weighted by atomic mass is 9.75. The van der Waals surface area contributed by atoms with Crippen molar-refractivity contribution in [3.8, 4) is 0 Å². The van der Waals surface area contributed by atoms with E-state index in [0.717, 1.165) is 5.84 Å². The van der Waals surface area contributed by atoms with Gasteiger partial charge in [-0.3, -0.25) is 5.41 Å². The van der Waals surface area contributed by atoms with Crippen LogP contribution in [0.15, 0.2) is 0 Å². The molecule has 0 aromatic rings. The van der Waals surface area contributed by atoms with Gasteiger partial charge in [-0.25, -0.2) is 0 Å². The van der Waals surface area contributed by atoms with E-state index in [1.54, 1.807) is 0 Å². The van der Waals surface area contributed by atoms with Gasteiger partial charge in [0.15, 0.2) is 0 Å². The highest BCUT2D eigenvalue weighted by Crippen LogP contribution is 2.37. The molecule has 1 aliphatic rings. The zero-order valence-electron chi connectivity index (χ0n) is 11.9. The van der Waals surface area contributed by atoms with Crippen LogP contribution in [0.25, 0.3) is 0 Å². The van der Waals surface area contributed by atoms with Crippen molar-refractivity contribution in [2.45, 2.75) is 66.3 Å². The van der Waals surface area contributed by atoms with Gasteiger partial charge >= 0.3 is 0 Å². The summed E-state index contributed by atoms with van der Waals surface area (Å²) < 4.78 is 0. The quantitative estimate of drug-likeness (QED) is 0.530. The Labute approximate surface area is 101 Å². The van der Waals surface area contributed by atoms with E-state index in [9.17, 15) is 0 Å². The molecule has 2 nitrogen and oxygen atoms in total. The number of hydrogen-bond acceptors (Lipinski definition) is 1. The van der Waals surface area contributed by atoms with E-state index in [1.165, 1.54) is 25.7 Å². The van der Waals surface area contributed by atoms with Gasteiger partial charge in [-0.15, -0.1) is 0 Å². The van der Waals surface area contributed by atoms with Gasteiger partial charge in [0.25, 0.3) is 0 Å². The minimum Gasteiger partial charge on any atom is -0.360 e. The van der Waals surface area contributed by atoms with E-state index in [2.05, 4.69) is 46.6 Å². The van der Waals surface area contributed by atoms with Crippen LogP contribution in [0.5, 0.6) is 0 Å². The van der Waals surface area contributed by atoms with Gasteiger partial charge in [-0.2, -0.15) is 0 Å². The van der Waals surface area contributed by atoms with Crippen LogP contribution in [-0.4, -0.2) is 23.8 Å². The molecular formula is C14H28N2. The average Bonchev–Trinajstić information content (AvgIpc) is 2.14. The van der Waals surface area contributed by atoms with Crippen molar-refractivity contribution in [1.82, 2.24) is 4.90 Å². The van der Waals surface area contributed by atoms with Crippen LogP contribution >= 0.6 is 0 Å². The van der Waals surface area contributed by atoms with E-state index >= 15 is 0 Å². The molecule has 94 valence electrons. The van der Waals surface area contributed by atoms with Crippen molar-refractivity contribution in [1.29, 1.82) is 5.41 Å². The fraction of sp³-hybridized carbons (Fsp3) is 0.929. The number of amidine groups is 1. The summed E-state index contributed by atoms with van der Waals surface area (Å²) in [5, 5.41) is 8.21. The molecule has 1 N–H and O–H groups in total. The molecule has 0 aromatic carbocycles. The Bertz CT molecular complexity index is 250. The van der Waals surface area contributed by atoms with E-state index in [4.69, 9.17) is 5.41 Å². The van der Waals surface area contributed by atoms with Gasteiger partial charge in [0, 0.05) is 18.5 Å². The van der Waals surface area contributed by atoms with Crippen molar-refractivity contribution in [2.75, 3.05) is 7.05 Å². The standard InChI is InChI=1S/C14H28N2/c1-13(2,3)12(15)16(6)11-7-9-14(4,5)10-8-11/h11,15H,7-10H2,1-6H3. The largest absolute Gasteiger partial charge is 0.360 e. The van der Waals surface area contributed by atoms with Crippen LogP contribution in [0.1, 0.15) is 60.3 Å². The summed E-state index contributed by atoms with van der Waals surface area (Å²) in [6.07, 6.45) is 5.06. The molecule has 16 heavy (non-hydrogen) atoms. The number of rotatable bonds is 1. The van der Waals surface area contributed by atoms with Gasteiger partial charge in [-0.05, 0) is 31.1 Å². The number of hydrogen-bond donors (Lipinski definition) is 1. The Hall–Kier alpha value is -0.530. The fourth-order valence-corrected chi connectivity index (χ4v) is 2.48. The molecule has 1 fully saturated rings. The van der Waals surface area contributed by atoms with Gasteiger partial charge in [0.05, 0.1) is 0 Å². The van der Waals surface area contributed by atoms with Crippen molar-refractivity contribution in [3.05, 3.63) is 0 Å². The maximum absolute atomic E-state index is 8.21. The molecule has 1 rings (SSSR count). The second-order valence-electron chi connectivity index (χ2n) is 7.10. The minimum absolute atomic E-state index is 0.0261. The molecule has 1 saturated carbocycles. The molecule has 0 unspecified atom stereocenters. The van der Waals surface area contributed by atoms with Crippen LogP contribution in [-0.2, 0) is 0 Å². The first-order valence-electron chi connectivity index (χ1n) is 6.45. The van der Waals surface area contributed by atoms with Crippen LogP contribution in [0, 0.1) is 16.2 Å². The smallest absolute Gasteiger partial charge is 0.101 e. The molecule has 0 atom stereocenters. The third-order valence-electron chi connectivity index (χ3n) is 3.92. The van der Waals surface area contributed by atoms with Crippen molar-refractivity contribution < 1.29 is 0 Å². The Morgan fingerprint density at radius 2 is 1.62 bits per heavy atom. The molecule has 0 heterocycles. The van der Waals surface area contributed by atoms with Crippen molar-refractivity contribution in [2.24, 2.45) is 10.8 Å². The molecule has 2 heteroatoms. The van der Waals surface area contributed by atoms with Crippen LogP contribution < -0.4 is 0 Å². The van der Waals surface area contributed by atoms with Gasteiger partial charge in [-0.1, -0.05) is 34.6 Å². The van der Waals surface area contributed by atoms with Crippen LogP contribution in [0.2, 0.25) is 0 Å². The third-order valence-corrected chi connectivity index (χ3v) is 3.92. The normalized spacial score (nSPS) is 21.9. The predicted molar refractivity (Wildman–Crippen MR) is 71.0 cm³/mol. The number of nitrogens with one attached hydrogen (secondary N) is 1. The zero-order valence-corrected chi connectivity index (χ0v) is 11.9. The molecule has 0 bridgehead atoms. The molecule has 0 spiro atoms. The number of nitrogens with zero attached hydrogens (tertiary/aromatic N) is 1. The van der Waals surface area contributed by atoms with Crippen molar-refractivity contribution in [3.63, 3.8) is 0 Å². The van der Waals surface area contributed by atoms with E-state index in [-0.39, 0.29) is 5.41 Å². The monoisotopic (exact) mass is 224 g/mol. The first-order valence-corrected chi connectivity index (χ1v) is 6.45. The van der Waals surface area contributed by atoms with Gasteiger partial charge in [0.1, 0.15) is 5.84 Å². The molecular weight excluding hydrogens is 196 g/mol. The second-order valence-corrected chi connectivity index (χ2v) is 7.10. The summed E-state index contributed by atoms with van der Waals surface area (Å²) in [7, 11) is 2.09. The zero-order chi connectivity index (χ0) is 12.6. The molecule has 0 saturated heterocycles. The highest BCUT2D eigenvalue weighted by atomic mass is 15.2. The Kier molecular flexibility index (Phi) is 3.71. The maximum Gasteiger partial charge on any atom is 0.101 e. The average molecular weight is 224 g/mol. The highest BCUT2D eigenvalue weighted by molar-refractivity contribution is 5.84. The summed E-state index contributed by atoms with van der Waals surface area (Å²) >= 11 is 0. The predicted octanol–water partition coefficient (Wildman–Crippen LogP) is 3.91. The first-order chi connectivity index (χ1) is 7.13. The minimum atomic E-state index is -0.0261. The Morgan fingerprint density at radius 3 is 2.00 bits per heavy atom. The fourth-order valence-electron chi connectivity index (χ4n) is 2.48. The summed E-state index contributed by atoms with van der Waals surface area (Å²) in [5.41, 5.74) is 0.489. The summed E-state index contributed by atoms with van der Waals surface area (Å²) in [6.45, 7) is 11.1. The molecule has 0 amide bonds. The lowest BCUT2D eigenvalue weighted by molar-refractivity contribution is 0.163. The van der Waals surface area contributed by atoms with Gasteiger partial charge < -0.3 is 4.90 Å². The summed E-state index contributed by atoms with van der Waals surface area (Å²) in [4.78, 5) is 2.20. The maximum atomic E-state index is 8.21. The SMILES string of the molecule is CN(C(=N)C(C)(C)C)C1CCC(C)(C)CC1. The second kappa shape index (κ2) is 4.38. The van der Waals surface area contributed by atoms with Crippen LogP contribution in [0.4, 0.5) is 0 Å². The molecule has 1 aliphatic carbocycles. The highest BCUT2D eigenvalue weighted by Gasteiger charge is 2.32. The molecule has 0 aromatic heterocycles.